The second-order valence-corrected chi connectivity index (χ2v) is 4.98. The molecule has 3 aromatic rings. The van der Waals surface area contributed by atoms with Crippen LogP contribution in [-0.4, -0.2) is 12.5 Å². The Labute approximate surface area is 121 Å². The Balaban J connectivity index is 1.88. The predicted molar refractivity (Wildman–Crippen MR) is 80.4 cm³/mol. The van der Waals surface area contributed by atoms with E-state index in [1.54, 1.807) is 0 Å². The van der Waals surface area contributed by atoms with Gasteiger partial charge in [0, 0.05) is 5.39 Å². The summed E-state index contributed by atoms with van der Waals surface area (Å²) in [4.78, 5) is 11.6. The zero-order valence-corrected chi connectivity index (χ0v) is 11.3. The first kappa shape index (κ1) is 12.0. The van der Waals surface area contributed by atoms with Gasteiger partial charge in [-0.2, -0.15) is 0 Å². The fraction of sp³-hybridized carbons (Fsp3) is 0.118. The topological polar surface area (TPSA) is 51.5 Å². The maximum Gasteiger partial charge on any atom is 0.227 e. The van der Waals surface area contributed by atoms with Gasteiger partial charge in [0.15, 0.2) is 5.75 Å². The van der Waals surface area contributed by atoms with E-state index in [9.17, 15) is 4.79 Å². The van der Waals surface area contributed by atoms with E-state index in [0.717, 1.165) is 22.3 Å². The van der Waals surface area contributed by atoms with Crippen molar-refractivity contribution in [3.63, 3.8) is 0 Å². The normalized spacial score (nSPS) is 14.2. The number of anilines is 1. The number of furan rings is 1. The molecular formula is C17H13NO3. The summed E-state index contributed by atoms with van der Waals surface area (Å²) >= 11 is 0. The van der Waals surface area contributed by atoms with Gasteiger partial charge in [0.25, 0.3) is 0 Å². The van der Waals surface area contributed by atoms with Gasteiger partial charge in [-0.1, -0.05) is 24.3 Å². The SMILES string of the molecule is O=C1CCOc2c(cccc2-c2cc3ccccc3o2)N1. The molecule has 1 N–H and O–H groups in total. The molecule has 0 fully saturated rings. The van der Waals surface area contributed by atoms with Crippen LogP contribution in [-0.2, 0) is 4.79 Å². The van der Waals surface area contributed by atoms with E-state index in [1.807, 2.05) is 48.5 Å². The van der Waals surface area contributed by atoms with E-state index in [0.29, 0.717) is 24.5 Å². The minimum atomic E-state index is -0.0319. The lowest BCUT2D eigenvalue weighted by Crippen LogP contribution is -2.10. The van der Waals surface area contributed by atoms with Crippen LogP contribution in [0.2, 0.25) is 0 Å². The summed E-state index contributed by atoms with van der Waals surface area (Å²) in [5.74, 6) is 1.38. The number of hydrogen-bond acceptors (Lipinski definition) is 3. The summed E-state index contributed by atoms with van der Waals surface area (Å²) in [6, 6.07) is 15.5. The highest BCUT2D eigenvalue weighted by Crippen LogP contribution is 2.39. The molecule has 1 aliphatic heterocycles. The second-order valence-electron chi connectivity index (χ2n) is 4.98. The van der Waals surface area contributed by atoms with Gasteiger partial charge in [-0.3, -0.25) is 4.79 Å². The molecule has 21 heavy (non-hydrogen) atoms. The number of hydrogen-bond donors (Lipinski definition) is 1. The predicted octanol–water partition coefficient (Wildman–Crippen LogP) is 3.82. The zero-order valence-electron chi connectivity index (χ0n) is 11.3. The largest absolute Gasteiger partial charge is 0.490 e. The number of carbonyl (C=O) groups excluding carboxylic acids is 1. The maximum absolute atomic E-state index is 11.6. The Morgan fingerprint density at radius 2 is 1.95 bits per heavy atom. The molecule has 1 aliphatic rings. The van der Waals surface area contributed by atoms with Crippen LogP contribution in [0.15, 0.2) is 52.9 Å². The maximum atomic E-state index is 11.6. The molecule has 0 saturated carbocycles. The lowest BCUT2D eigenvalue weighted by Gasteiger charge is -2.10. The van der Waals surface area contributed by atoms with Crippen molar-refractivity contribution in [3.8, 4) is 17.1 Å². The Morgan fingerprint density at radius 1 is 1.05 bits per heavy atom. The molecular weight excluding hydrogens is 266 g/mol. The van der Waals surface area contributed by atoms with Crippen LogP contribution in [0.5, 0.6) is 5.75 Å². The quantitative estimate of drug-likeness (QED) is 0.736. The van der Waals surface area contributed by atoms with Crippen molar-refractivity contribution in [2.45, 2.75) is 6.42 Å². The average molecular weight is 279 g/mol. The van der Waals surface area contributed by atoms with E-state index < -0.39 is 0 Å². The van der Waals surface area contributed by atoms with Crippen LogP contribution in [0, 0.1) is 0 Å². The van der Waals surface area contributed by atoms with Crippen LogP contribution < -0.4 is 10.1 Å². The first-order valence-corrected chi connectivity index (χ1v) is 6.86. The zero-order chi connectivity index (χ0) is 14.2. The van der Waals surface area contributed by atoms with Gasteiger partial charge in [0.2, 0.25) is 5.91 Å². The van der Waals surface area contributed by atoms with E-state index in [-0.39, 0.29) is 5.91 Å². The van der Waals surface area contributed by atoms with Gasteiger partial charge in [-0.05, 0) is 24.3 Å². The number of rotatable bonds is 1. The number of carbonyl (C=O) groups is 1. The lowest BCUT2D eigenvalue weighted by atomic mass is 10.1. The molecule has 1 amide bonds. The molecule has 4 nitrogen and oxygen atoms in total. The minimum Gasteiger partial charge on any atom is -0.490 e. The fourth-order valence-corrected chi connectivity index (χ4v) is 2.56. The highest BCUT2D eigenvalue weighted by atomic mass is 16.5. The molecule has 0 unspecified atom stereocenters. The summed E-state index contributed by atoms with van der Waals surface area (Å²) in [5, 5.41) is 3.90. The van der Waals surface area contributed by atoms with E-state index in [1.165, 1.54) is 0 Å². The van der Waals surface area contributed by atoms with Crippen LogP contribution in [0.4, 0.5) is 5.69 Å². The smallest absolute Gasteiger partial charge is 0.227 e. The number of nitrogens with one attached hydrogen (secondary N) is 1. The molecule has 0 spiro atoms. The van der Waals surface area contributed by atoms with Gasteiger partial charge >= 0.3 is 0 Å². The number of benzene rings is 2. The van der Waals surface area contributed by atoms with Crippen LogP contribution in [0.3, 0.4) is 0 Å². The number of ether oxygens (including phenoxy) is 1. The Morgan fingerprint density at radius 3 is 2.86 bits per heavy atom. The Bertz CT molecular complexity index is 802. The molecule has 104 valence electrons. The van der Waals surface area contributed by atoms with E-state index in [4.69, 9.17) is 9.15 Å². The van der Waals surface area contributed by atoms with Crippen molar-refractivity contribution in [3.05, 3.63) is 48.5 Å². The van der Waals surface area contributed by atoms with Crippen molar-refractivity contribution in [1.82, 2.24) is 0 Å². The number of fused-ring (bicyclic) bond motifs is 2. The molecule has 2 aromatic carbocycles. The first-order chi connectivity index (χ1) is 10.3. The third-order valence-corrected chi connectivity index (χ3v) is 3.56. The molecule has 1 aromatic heterocycles. The third-order valence-electron chi connectivity index (χ3n) is 3.56. The molecule has 0 saturated heterocycles. The van der Waals surface area contributed by atoms with Crippen LogP contribution >= 0.6 is 0 Å². The highest BCUT2D eigenvalue weighted by Gasteiger charge is 2.19. The van der Waals surface area contributed by atoms with Crippen LogP contribution in [0.25, 0.3) is 22.3 Å². The first-order valence-electron chi connectivity index (χ1n) is 6.86. The Hall–Kier alpha value is -2.75. The number of para-hydroxylation sites is 2. The van der Waals surface area contributed by atoms with Crippen molar-refractivity contribution in [2.75, 3.05) is 11.9 Å². The summed E-state index contributed by atoms with van der Waals surface area (Å²) in [6.07, 6.45) is 0.355. The van der Waals surface area contributed by atoms with Gasteiger partial charge in [-0.15, -0.1) is 0 Å². The average Bonchev–Trinajstić information content (AvgIpc) is 2.82. The molecule has 4 heteroatoms. The second kappa shape index (κ2) is 4.66. The fourth-order valence-electron chi connectivity index (χ4n) is 2.56. The summed E-state index contributed by atoms with van der Waals surface area (Å²) in [7, 11) is 0. The molecule has 4 rings (SSSR count). The molecule has 2 heterocycles. The van der Waals surface area contributed by atoms with E-state index >= 15 is 0 Å². The third kappa shape index (κ3) is 2.05. The van der Waals surface area contributed by atoms with Crippen molar-refractivity contribution < 1.29 is 13.9 Å². The lowest BCUT2D eigenvalue weighted by molar-refractivity contribution is -0.116. The summed E-state index contributed by atoms with van der Waals surface area (Å²) < 4.78 is 11.7. The van der Waals surface area contributed by atoms with Gasteiger partial charge in [0.1, 0.15) is 11.3 Å². The standard InChI is InChI=1S/C17H13NO3/c19-16-8-9-20-17-12(5-3-6-13(17)18-16)15-10-11-4-1-2-7-14(11)21-15/h1-7,10H,8-9H2,(H,18,19). The van der Waals surface area contributed by atoms with Crippen molar-refractivity contribution >= 4 is 22.6 Å². The number of amides is 1. The molecule has 0 bridgehead atoms. The monoisotopic (exact) mass is 279 g/mol. The Kier molecular flexibility index (Phi) is 2.67. The highest BCUT2D eigenvalue weighted by molar-refractivity contribution is 5.95. The summed E-state index contributed by atoms with van der Waals surface area (Å²) in [6.45, 7) is 0.371. The minimum absolute atomic E-state index is 0.0319. The van der Waals surface area contributed by atoms with Crippen molar-refractivity contribution in [2.24, 2.45) is 0 Å². The van der Waals surface area contributed by atoms with Gasteiger partial charge in [0.05, 0.1) is 24.3 Å². The molecule has 0 atom stereocenters. The van der Waals surface area contributed by atoms with Gasteiger partial charge in [-0.25, -0.2) is 0 Å². The molecule has 0 radical (unpaired) electrons. The van der Waals surface area contributed by atoms with E-state index in [2.05, 4.69) is 5.32 Å². The summed E-state index contributed by atoms with van der Waals surface area (Å²) in [5.41, 5.74) is 2.38. The van der Waals surface area contributed by atoms with Crippen molar-refractivity contribution in [1.29, 1.82) is 0 Å². The molecule has 0 aliphatic carbocycles. The van der Waals surface area contributed by atoms with Gasteiger partial charge < -0.3 is 14.5 Å². The van der Waals surface area contributed by atoms with Crippen LogP contribution in [0.1, 0.15) is 6.42 Å².